The predicted octanol–water partition coefficient (Wildman–Crippen LogP) is 2.68. The number of hydrogen-bond donors (Lipinski definition) is 0. The average molecular weight is 335 g/mol. The molecule has 0 radical (unpaired) electrons. The second-order valence-corrected chi connectivity index (χ2v) is 8.82. The van der Waals surface area contributed by atoms with Gasteiger partial charge in [-0.05, 0) is 30.9 Å². The zero-order valence-electron chi connectivity index (χ0n) is 13.5. The molecule has 0 amide bonds. The average Bonchev–Trinajstić information content (AvgIpc) is 2.57. The van der Waals surface area contributed by atoms with E-state index in [1.165, 1.54) is 0 Å². The van der Waals surface area contributed by atoms with Gasteiger partial charge in [-0.3, -0.25) is 9.69 Å². The Kier molecular flexibility index (Phi) is 5.17. The highest BCUT2D eigenvalue weighted by Crippen LogP contribution is 2.32. The van der Waals surface area contributed by atoms with Gasteiger partial charge in [0.15, 0.2) is 9.84 Å². The zero-order chi connectivity index (χ0) is 16.3. The first-order chi connectivity index (χ1) is 11.1. The molecule has 2 fully saturated rings. The molecule has 1 aliphatic heterocycles. The molecule has 1 aromatic rings. The molecule has 0 spiro atoms. The number of sulfone groups is 1. The summed E-state index contributed by atoms with van der Waals surface area (Å²) in [5, 5.41) is 0. The molecule has 0 bridgehead atoms. The van der Waals surface area contributed by atoms with E-state index in [1.807, 2.05) is 6.07 Å². The van der Waals surface area contributed by atoms with E-state index >= 15 is 0 Å². The number of nitrogens with zero attached hydrogens (tertiary/aromatic N) is 1. The molecule has 2 aliphatic rings. The molecule has 1 aromatic carbocycles. The number of benzene rings is 1. The fourth-order valence-corrected chi connectivity index (χ4v) is 5.69. The standard InChI is InChI=1S/C18H25NO3S/c20-16-10-12-19(13-11-16)18-9-5-4-6-15(18)14-23(21,22)17-7-2-1-3-8-17/h1-3,7-8,15,18H,4-6,9-14H2/t15-,18-/m0/s1. The summed E-state index contributed by atoms with van der Waals surface area (Å²) < 4.78 is 25.4. The van der Waals surface area contributed by atoms with Crippen LogP contribution < -0.4 is 0 Å². The van der Waals surface area contributed by atoms with Crippen LogP contribution in [0.25, 0.3) is 0 Å². The lowest BCUT2D eigenvalue weighted by Gasteiger charge is -2.41. The van der Waals surface area contributed by atoms with Gasteiger partial charge >= 0.3 is 0 Å². The molecule has 2 atom stereocenters. The van der Waals surface area contributed by atoms with E-state index in [2.05, 4.69) is 4.90 Å². The lowest BCUT2D eigenvalue weighted by molar-refractivity contribution is -0.122. The Morgan fingerprint density at radius 2 is 1.65 bits per heavy atom. The first-order valence-corrected chi connectivity index (χ1v) is 10.2. The topological polar surface area (TPSA) is 54.5 Å². The summed E-state index contributed by atoms with van der Waals surface area (Å²) in [5.74, 6) is 0.749. The number of rotatable bonds is 4. The van der Waals surface area contributed by atoms with Crippen LogP contribution in [0.3, 0.4) is 0 Å². The van der Waals surface area contributed by atoms with Crippen LogP contribution in [0.15, 0.2) is 35.2 Å². The van der Waals surface area contributed by atoms with E-state index in [1.54, 1.807) is 24.3 Å². The Labute approximate surface area is 138 Å². The van der Waals surface area contributed by atoms with Crippen LogP contribution in [-0.2, 0) is 14.6 Å². The third-order valence-corrected chi connectivity index (χ3v) is 7.09. The Hall–Kier alpha value is -1.20. The van der Waals surface area contributed by atoms with E-state index in [0.29, 0.717) is 29.6 Å². The van der Waals surface area contributed by atoms with Crippen molar-refractivity contribution in [1.82, 2.24) is 4.90 Å². The molecular weight excluding hydrogens is 310 g/mol. The lowest BCUT2D eigenvalue weighted by Crippen LogP contribution is -2.48. The van der Waals surface area contributed by atoms with Crippen LogP contribution in [0, 0.1) is 5.92 Å². The van der Waals surface area contributed by atoms with Crippen LogP contribution in [0.5, 0.6) is 0 Å². The van der Waals surface area contributed by atoms with Crippen molar-refractivity contribution >= 4 is 15.6 Å². The van der Waals surface area contributed by atoms with Crippen molar-refractivity contribution in [2.45, 2.75) is 49.5 Å². The van der Waals surface area contributed by atoms with E-state index in [4.69, 9.17) is 0 Å². The van der Waals surface area contributed by atoms with E-state index in [0.717, 1.165) is 38.8 Å². The maximum atomic E-state index is 12.7. The zero-order valence-corrected chi connectivity index (χ0v) is 14.3. The van der Waals surface area contributed by atoms with Crippen molar-refractivity contribution in [3.63, 3.8) is 0 Å². The molecule has 0 unspecified atom stereocenters. The van der Waals surface area contributed by atoms with Gasteiger partial charge in [0.05, 0.1) is 10.6 Å². The van der Waals surface area contributed by atoms with Crippen molar-refractivity contribution in [1.29, 1.82) is 0 Å². The molecule has 126 valence electrons. The monoisotopic (exact) mass is 335 g/mol. The number of Topliss-reactive ketones (excluding diaryl/α,β-unsaturated/α-hetero) is 1. The summed E-state index contributed by atoms with van der Waals surface area (Å²) in [5.41, 5.74) is 0. The number of likely N-dealkylation sites (tertiary alicyclic amines) is 1. The van der Waals surface area contributed by atoms with Gasteiger partial charge in [0.25, 0.3) is 0 Å². The smallest absolute Gasteiger partial charge is 0.178 e. The summed E-state index contributed by atoms with van der Waals surface area (Å²) >= 11 is 0. The van der Waals surface area contributed by atoms with Crippen molar-refractivity contribution < 1.29 is 13.2 Å². The van der Waals surface area contributed by atoms with Crippen molar-refractivity contribution in [2.75, 3.05) is 18.8 Å². The summed E-state index contributed by atoms with van der Waals surface area (Å²) in [6.45, 7) is 1.59. The van der Waals surface area contributed by atoms with Crippen LogP contribution in [0.4, 0.5) is 0 Å². The van der Waals surface area contributed by atoms with Crippen LogP contribution in [-0.4, -0.2) is 44.0 Å². The van der Waals surface area contributed by atoms with Gasteiger partial charge in [-0.1, -0.05) is 31.0 Å². The molecule has 4 nitrogen and oxygen atoms in total. The van der Waals surface area contributed by atoms with E-state index < -0.39 is 9.84 Å². The molecule has 0 N–H and O–H groups in total. The minimum absolute atomic E-state index is 0.183. The van der Waals surface area contributed by atoms with Gasteiger partial charge in [-0.25, -0.2) is 8.42 Å². The van der Waals surface area contributed by atoms with Gasteiger partial charge < -0.3 is 0 Å². The summed E-state index contributed by atoms with van der Waals surface area (Å²) in [6.07, 6.45) is 5.54. The molecule has 1 saturated heterocycles. The number of piperidine rings is 1. The SMILES string of the molecule is O=C1CCN([C@H]2CCCC[C@H]2CS(=O)(=O)c2ccccc2)CC1. The second kappa shape index (κ2) is 7.14. The van der Waals surface area contributed by atoms with Gasteiger partial charge in [0.1, 0.15) is 5.78 Å². The second-order valence-electron chi connectivity index (χ2n) is 6.78. The molecule has 3 rings (SSSR count). The number of hydrogen-bond acceptors (Lipinski definition) is 4. The molecular formula is C18H25NO3S. The minimum atomic E-state index is -3.24. The molecule has 0 aromatic heterocycles. The predicted molar refractivity (Wildman–Crippen MR) is 90.1 cm³/mol. The molecule has 1 aliphatic carbocycles. The molecule has 23 heavy (non-hydrogen) atoms. The van der Waals surface area contributed by atoms with Gasteiger partial charge in [-0.2, -0.15) is 0 Å². The third kappa shape index (κ3) is 4.01. The minimum Gasteiger partial charge on any atom is -0.300 e. The van der Waals surface area contributed by atoms with Crippen LogP contribution in [0.2, 0.25) is 0 Å². The van der Waals surface area contributed by atoms with Crippen LogP contribution >= 0.6 is 0 Å². The maximum Gasteiger partial charge on any atom is 0.178 e. The highest BCUT2D eigenvalue weighted by Gasteiger charge is 2.35. The number of carbonyl (C=O) groups is 1. The molecule has 1 saturated carbocycles. The Bertz CT molecular complexity index is 631. The van der Waals surface area contributed by atoms with Gasteiger partial charge in [0, 0.05) is 32.0 Å². The molecule has 5 heteroatoms. The molecule has 1 heterocycles. The highest BCUT2D eigenvalue weighted by atomic mass is 32.2. The van der Waals surface area contributed by atoms with Crippen molar-refractivity contribution in [2.24, 2.45) is 5.92 Å². The summed E-state index contributed by atoms with van der Waals surface area (Å²) in [7, 11) is -3.24. The Balaban J connectivity index is 1.73. The van der Waals surface area contributed by atoms with Crippen molar-refractivity contribution in [3.05, 3.63) is 30.3 Å². The normalized spacial score (nSPS) is 27.0. The van der Waals surface area contributed by atoms with Gasteiger partial charge in [-0.15, -0.1) is 0 Å². The summed E-state index contributed by atoms with van der Waals surface area (Å²) in [4.78, 5) is 14.3. The van der Waals surface area contributed by atoms with Crippen LogP contribution in [0.1, 0.15) is 38.5 Å². The quantitative estimate of drug-likeness (QED) is 0.849. The largest absolute Gasteiger partial charge is 0.300 e. The fourth-order valence-electron chi connectivity index (χ4n) is 3.97. The number of carbonyl (C=O) groups excluding carboxylic acids is 1. The lowest BCUT2D eigenvalue weighted by atomic mass is 9.84. The third-order valence-electron chi connectivity index (χ3n) is 5.23. The summed E-state index contributed by atoms with van der Waals surface area (Å²) in [6, 6.07) is 9.09. The van der Waals surface area contributed by atoms with E-state index in [9.17, 15) is 13.2 Å². The number of ketones is 1. The fraction of sp³-hybridized carbons (Fsp3) is 0.611. The Morgan fingerprint density at radius 1 is 1.00 bits per heavy atom. The van der Waals surface area contributed by atoms with Gasteiger partial charge in [0.2, 0.25) is 0 Å². The highest BCUT2D eigenvalue weighted by molar-refractivity contribution is 7.91. The first kappa shape index (κ1) is 16.7. The van der Waals surface area contributed by atoms with Crippen molar-refractivity contribution in [3.8, 4) is 0 Å². The van der Waals surface area contributed by atoms with E-state index in [-0.39, 0.29) is 11.7 Å². The Morgan fingerprint density at radius 3 is 2.35 bits per heavy atom. The maximum absolute atomic E-state index is 12.7. The first-order valence-electron chi connectivity index (χ1n) is 8.60.